The van der Waals surface area contributed by atoms with Gasteiger partial charge in [-0.15, -0.1) is 0 Å². The number of rotatable bonds is 9. The molecule has 5 heteroatoms. The van der Waals surface area contributed by atoms with E-state index in [9.17, 15) is 9.59 Å². The normalized spacial score (nSPS) is 11.4. The van der Waals surface area contributed by atoms with Gasteiger partial charge in [0.15, 0.2) is 0 Å². The molecule has 0 aromatic heterocycles. The van der Waals surface area contributed by atoms with E-state index in [0.29, 0.717) is 18.7 Å². The van der Waals surface area contributed by atoms with Gasteiger partial charge in [0.25, 0.3) is 5.91 Å². The molecule has 5 nitrogen and oxygen atoms in total. The largest absolute Gasteiger partial charge is 0.494 e. The van der Waals surface area contributed by atoms with Gasteiger partial charge >= 0.3 is 0 Å². The molecule has 2 aromatic carbocycles. The Balaban J connectivity index is 1.59. The van der Waals surface area contributed by atoms with Crippen LogP contribution in [0.25, 0.3) is 0 Å². The van der Waals surface area contributed by atoms with Crippen molar-refractivity contribution in [3.8, 4) is 5.75 Å². The fourth-order valence-corrected chi connectivity index (χ4v) is 2.30. The topological polar surface area (TPSA) is 67.4 Å². The second kappa shape index (κ2) is 10.1. The second-order valence-corrected chi connectivity index (χ2v) is 5.81. The number of ether oxygens (including phenoxy) is 1. The SMILES string of the molecule is CC(CC(=O)NCCCOc1ccccc1)NC(=O)c1ccccc1. The number of carbonyl (C=O) groups excluding carboxylic acids is 2. The van der Waals surface area contributed by atoms with Crippen LogP contribution < -0.4 is 15.4 Å². The Morgan fingerprint density at radius 1 is 1.00 bits per heavy atom. The molecule has 132 valence electrons. The number of nitrogens with one attached hydrogen (secondary N) is 2. The molecule has 2 rings (SSSR count). The molecule has 0 radical (unpaired) electrons. The Morgan fingerprint density at radius 2 is 1.64 bits per heavy atom. The van der Waals surface area contributed by atoms with Gasteiger partial charge in [-0.1, -0.05) is 36.4 Å². The summed E-state index contributed by atoms with van der Waals surface area (Å²) in [6.07, 6.45) is 0.976. The zero-order chi connectivity index (χ0) is 17.9. The van der Waals surface area contributed by atoms with E-state index < -0.39 is 0 Å². The highest BCUT2D eigenvalue weighted by Gasteiger charge is 2.12. The van der Waals surface area contributed by atoms with Crippen LogP contribution in [0.1, 0.15) is 30.1 Å². The van der Waals surface area contributed by atoms with E-state index in [2.05, 4.69) is 10.6 Å². The minimum absolute atomic E-state index is 0.0828. The Kier molecular flexibility index (Phi) is 7.50. The van der Waals surface area contributed by atoms with Crippen LogP contribution in [-0.4, -0.2) is 31.0 Å². The van der Waals surface area contributed by atoms with Crippen LogP contribution in [0.2, 0.25) is 0 Å². The van der Waals surface area contributed by atoms with Crippen LogP contribution >= 0.6 is 0 Å². The first-order valence-electron chi connectivity index (χ1n) is 8.45. The van der Waals surface area contributed by atoms with E-state index >= 15 is 0 Å². The third-order valence-electron chi connectivity index (χ3n) is 3.56. The number of benzene rings is 2. The molecule has 0 heterocycles. The molecular formula is C20H24N2O3. The van der Waals surface area contributed by atoms with Crippen molar-refractivity contribution in [2.45, 2.75) is 25.8 Å². The van der Waals surface area contributed by atoms with Gasteiger partial charge in [-0.3, -0.25) is 9.59 Å². The lowest BCUT2D eigenvalue weighted by atomic mass is 10.1. The number of amides is 2. The van der Waals surface area contributed by atoms with Crippen molar-refractivity contribution in [1.29, 1.82) is 0 Å². The van der Waals surface area contributed by atoms with E-state index in [1.807, 2.05) is 55.5 Å². The van der Waals surface area contributed by atoms with Gasteiger partial charge < -0.3 is 15.4 Å². The lowest BCUT2D eigenvalue weighted by molar-refractivity contribution is -0.121. The number of hydrogen-bond acceptors (Lipinski definition) is 3. The Bertz CT molecular complexity index is 659. The monoisotopic (exact) mass is 340 g/mol. The van der Waals surface area contributed by atoms with Crippen LogP contribution in [0.5, 0.6) is 5.75 Å². The Hall–Kier alpha value is -2.82. The van der Waals surface area contributed by atoms with Gasteiger partial charge in [-0.05, 0) is 37.6 Å². The fourth-order valence-electron chi connectivity index (χ4n) is 2.30. The van der Waals surface area contributed by atoms with Crippen molar-refractivity contribution >= 4 is 11.8 Å². The summed E-state index contributed by atoms with van der Waals surface area (Å²) in [4.78, 5) is 23.9. The summed E-state index contributed by atoms with van der Waals surface area (Å²) in [7, 11) is 0. The summed E-state index contributed by atoms with van der Waals surface area (Å²) in [5.74, 6) is 0.573. The molecule has 2 N–H and O–H groups in total. The minimum atomic E-state index is -0.228. The highest BCUT2D eigenvalue weighted by molar-refractivity contribution is 5.94. The van der Waals surface area contributed by atoms with Crippen LogP contribution in [0.4, 0.5) is 0 Å². The molecule has 2 amide bonds. The quantitative estimate of drug-likeness (QED) is 0.690. The lowest BCUT2D eigenvalue weighted by Gasteiger charge is -2.14. The van der Waals surface area contributed by atoms with Crippen molar-refractivity contribution in [2.24, 2.45) is 0 Å². The Morgan fingerprint density at radius 3 is 2.32 bits per heavy atom. The molecule has 1 atom stereocenters. The van der Waals surface area contributed by atoms with E-state index in [1.165, 1.54) is 0 Å². The van der Waals surface area contributed by atoms with Crippen molar-refractivity contribution in [1.82, 2.24) is 10.6 Å². The molecule has 0 saturated carbocycles. The van der Waals surface area contributed by atoms with Crippen LogP contribution in [0.3, 0.4) is 0 Å². The van der Waals surface area contributed by atoms with Gasteiger partial charge in [0.1, 0.15) is 5.75 Å². The van der Waals surface area contributed by atoms with Crippen LogP contribution in [0, 0.1) is 0 Å². The van der Waals surface area contributed by atoms with E-state index in [4.69, 9.17) is 4.74 Å². The number of carbonyl (C=O) groups is 2. The van der Waals surface area contributed by atoms with Gasteiger partial charge in [0.05, 0.1) is 6.61 Å². The minimum Gasteiger partial charge on any atom is -0.494 e. The first-order valence-corrected chi connectivity index (χ1v) is 8.45. The fraction of sp³-hybridized carbons (Fsp3) is 0.300. The molecule has 0 fully saturated rings. The van der Waals surface area contributed by atoms with Gasteiger partial charge in [0.2, 0.25) is 5.91 Å². The first kappa shape index (κ1) is 18.5. The van der Waals surface area contributed by atoms with E-state index in [0.717, 1.165) is 12.2 Å². The number of hydrogen-bond donors (Lipinski definition) is 2. The molecule has 0 aliphatic rings. The molecule has 0 bridgehead atoms. The zero-order valence-electron chi connectivity index (χ0n) is 14.4. The first-order chi connectivity index (χ1) is 12.1. The highest BCUT2D eigenvalue weighted by Crippen LogP contribution is 2.08. The third-order valence-corrected chi connectivity index (χ3v) is 3.56. The maximum atomic E-state index is 12.0. The average Bonchev–Trinajstić information content (AvgIpc) is 2.63. The predicted octanol–water partition coefficient (Wildman–Crippen LogP) is 2.78. The number of para-hydroxylation sites is 1. The molecule has 0 aliphatic heterocycles. The van der Waals surface area contributed by atoms with Crippen molar-refractivity contribution in [3.05, 3.63) is 66.2 Å². The van der Waals surface area contributed by atoms with Crippen LogP contribution in [0.15, 0.2) is 60.7 Å². The van der Waals surface area contributed by atoms with Gasteiger partial charge in [-0.2, -0.15) is 0 Å². The van der Waals surface area contributed by atoms with Crippen molar-refractivity contribution in [3.63, 3.8) is 0 Å². The van der Waals surface area contributed by atoms with Gasteiger partial charge in [0, 0.05) is 24.6 Å². The maximum Gasteiger partial charge on any atom is 0.251 e. The summed E-state index contributed by atoms with van der Waals surface area (Å²) in [5.41, 5.74) is 0.591. The molecule has 0 saturated heterocycles. The molecule has 25 heavy (non-hydrogen) atoms. The summed E-state index contributed by atoms with van der Waals surface area (Å²) in [6.45, 7) is 2.91. The average molecular weight is 340 g/mol. The van der Waals surface area contributed by atoms with E-state index in [1.54, 1.807) is 12.1 Å². The van der Waals surface area contributed by atoms with E-state index in [-0.39, 0.29) is 24.3 Å². The maximum absolute atomic E-state index is 12.0. The standard InChI is InChI=1S/C20H24N2O3/c1-16(22-20(24)17-9-4-2-5-10-17)15-19(23)21-13-8-14-25-18-11-6-3-7-12-18/h2-7,9-12,16H,8,13-15H2,1H3,(H,21,23)(H,22,24). The summed E-state index contributed by atoms with van der Waals surface area (Å²) in [5, 5.41) is 5.67. The Labute approximate surface area is 148 Å². The predicted molar refractivity (Wildman–Crippen MR) is 97.6 cm³/mol. The van der Waals surface area contributed by atoms with Gasteiger partial charge in [-0.25, -0.2) is 0 Å². The lowest BCUT2D eigenvalue weighted by Crippen LogP contribution is -2.37. The summed E-state index contributed by atoms with van der Waals surface area (Å²) >= 11 is 0. The molecular weight excluding hydrogens is 316 g/mol. The molecule has 1 unspecified atom stereocenters. The molecule has 0 spiro atoms. The van der Waals surface area contributed by atoms with Crippen molar-refractivity contribution in [2.75, 3.05) is 13.2 Å². The molecule has 0 aliphatic carbocycles. The second-order valence-electron chi connectivity index (χ2n) is 5.81. The smallest absolute Gasteiger partial charge is 0.251 e. The highest BCUT2D eigenvalue weighted by atomic mass is 16.5. The summed E-state index contributed by atoms with van der Waals surface area (Å²) in [6, 6.07) is 18.3. The molecule has 2 aromatic rings. The van der Waals surface area contributed by atoms with Crippen molar-refractivity contribution < 1.29 is 14.3 Å². The summed E-state index contributed by atoms with van der Waals surface area (Å²) < 4.78 is 5.56. The van der Waals surface area contributed by atoms with Crippen LogP contribution in [-0.2, 0) is 4.79 Å². The zero-order valence-corrected chi connectivity index (χ0v) is 14.4. The third kappa shape index (κ3) is 7.08.